The van der Waals surface area contributed by atoms with Gasteiger partial charge in [0.05, 0.1) is 5.56 Å². The summed E-state index contributed by atoms with van der Waals surface area (Å²) in [5.41, 5.74) is 0.356. The number of benzene rings is 1. The second kappa shape index (κ2) is 3.70. The average molecular weight is 283 g/mol. The van der Waals surface area contributed by atoms with Crippen LogP contribution >= 0.6 is 15.9 Å². The van der Waals surface area contributed by atoms with Gasteiger partial charge >= 0.3 is 5.97 Å². The van der Waals surface area contributed by atoms with Crippen molar-refractivity contribution >= 4 is 27.7 Å². The van der Waals surface area contributed by atoms with E-state index < -0.39 is 11.6 Å². The highest BCUT2D eigenvalue weighted by atomic mass is 79.9. The molecule has 1 unspecified atom stereocenters. The molecule has 3 nitrogen and oxygen atoms in total. The van der Waals surface area contributed by atoms with Crippen LogP contribution in [0.15, 0.2) is 22.7 Å². The third-order valence-corrected chi connectivity index (χ3v) is 3.56. The number of rotatable bonds is 1. The Hall–Kier alpha value is -1.16. The molecule has 1 aliphatic heterocycles. The summed E-state index contributed by atoms with van der Waals surface area (Å²) in [5, 5.41) is 0. The molecule has 16 heavy (non-hydrogen) atoms. The number of ether oxygens (including phenoxy) is 1. The lowest BCUT2D eigenvalue weighted by atomic mass is 9.87. The molecule has 0 amide bonds. The van der Waals surface area contributed by atoms with Crippen molar-refractivity contribution in [2.45, 2.75) is 25.9 Å². The molecule has 0 fully saturated rings. The fourth-order valence-electron chi connectivity index (χ4n) is 1.80. The summed E-state index contributed by atoms with van der Waals surface area (Å²) in [5.74, 6) is -0.571. The van der Waals surface area contributed by atoms with E-state index in [-0.39, 0.29) is 5.78 Å². The van der Waals surface area contributed by atoms with Crippen molar-refractivity contribution in [3.8, 4) is 0 Å². The van der Waals surface area contributed by atoms with Gasteiger partial charge in [0.2, 0.25) is 0 Å². The van der Waals surface area contributed by atoms with Crippen LogP contribution in [0.4, 0.5) is 0 Å². The lowest BCUT2D eigenvalue weighted by Crippen LogP contribution is -2.44. The Balaban J connectivity index is 2.53. The second-order valence-corrected chi connectivity index (χ2v) is 4.98. The van der Waals surface area contributed by atoms with E-state index in [9.17, 15) is 9.59 Å². The highest BCUT2D eigenvalue weighted by Gasteiger charge is 2.40. The minimum atomic E-state index is -1.02. The van der Waals surface area contributed by atoms with E-state index in [1.165, 1.54) is 6.92 Å². The first-order valence-corrected chi connectivity index (χ1v) is 5.75. The zero-order valence-electron chi connectivity index (χ0n) is 9.04. The number of ketones is 1. The standard InChI is InChI=1S/C12H11BrO3/c1-7(14)12(2)6-8-4-3-5-9(13)10(8)11(15)16-12/h3-5H,6H2,1-2H3. The van der Waals surface area contributed by atoms with Gasteiger partial charge in [-0.25, -0.2) is 4.79 Å². The quantitative estimate of drug-likeness (QED) is 0.744. The van der Waals surface area contributed by atoms with Gasteiger partial charge in [0, 0.05) is 10.9 Å². The van der Waals surface area contributed by atoms with Crippen LogP contribution < -0.4 is 0 Å². The number of carbonyl (C=O) groups excluding carboxylic acids is 2. The number of hydrogen-bond acceptors (Lipinski definition) is 3. The van der Waals surface area contributed by atoms with Gasteiger partial charge in [0.1, 0.15) is 0 Å². The Labute approximate surface area is 102 Å². The molecule has 2 rings (SSSR count). The van der Waals surface area contributed by atoms with Gasteiger partial charge in [-0.15, -0.1) is 0 Å². The molecule has 1 atom stereocenters. The summed E-state index contributed by atoms with van der Waals surface area (Å²) in [4.78, 5) is 23.3. The van der Waals surface area contributed by atoms with Crippen LogP contribution in [0.1, 0.15) is 29.8 Å². The number of halogens is 1. The van der Waals surface area contributed by atoms with Crippen molar-refractivity contribution in [1.29, 1.82) is 0 Å². The van der Waals surface area contributed by atoms with Crippen molar-refractivity contribution in [1.82, 2.24) is 0 Å². The highest BCUT2D eigenvalue weighted by Crippen LogP contribution is 2.32. The summed E-state index contributed by atoms with van der Waals surface area (Å²) in [6, 6.07) is 5.49. The maximum atomic E-state index is 11.8. The largest absolute Gasteiger partial charge is 0.447 e. The Morgan fingerprint density at radius 1 is 1.50 bits per heavy atom. The van der Waals surface area contributed by atoms with Crippen LogP contribution in [-0.2, 0) is 16.0 Å². The van der Waals surface area contributed by atoms with Gasteiger partial charge in [0.25, 0.3) is 0 Å². The summed E-state index contributed by atoms with van der Waals surface area (Å²) in [6.45, 7) is 3.09. The molecule has 0 saturated heterocycles. The van der Waals surface area contributed by atoms with E-state index in [0.29, 0.717) is 16.5 Å². The Kier molecular flexibility index (Phi) is 2.62. The van der Waals surface area contributed by atoms with Gasteiger partial charge in [-0.3, -0.25) is 4.79 Å². The average Bonchev–Trinajstić information content (AvgIpc) is 2.16. The van der Waals surface area contributed by atoms with Gasteiger partial charge in [-0.05, 0) is 41.4 Å². The first-order valence-electron chi connectivity index (χ1n) is 4.96. The third-order valence-electron chi connectivity index (χ3n) is 2.89. The van der Waals surface area contributed by atoms with Crippen molar-refractivity contribution in [2.75, 3.05) is 0 Å². The van der Waals surface area contributed by atoms with Crippen LogP contribution in [0.3, 0.4) is 0 Å². The van der Waals surface area contributed by atoms with Gasteiger partial charge in [-0.1, -0.05) is 12.1 Å². The van der Waals surface area contributed by atoms with Crippen LogP contribution in [0.25, 0.3) is 0 Å². The first-order chi connectivity index (χ1) is 7.44. The Morgan fingerprint density at radius 2 is 2.19 bits per heavy atom. The van der Waals surface area contributed by atoms with E-state index in [1.807, 2.05) is 12.1 Å². The zero-order valence-corrected chi connectivity index (χ0v) is 10.6. The molecule has 0 spiro atoms. The van der Waals surface area contributed by atoms with Crippen LogP contribution in [-0.4, -0.2) is 17.4 Å². The van der Waals surface area contributed by atoms with Crippen molar-refractivity contribution < 1.29 is 14.3 Å². The SMILES string of the molecule is CC(=O)C1(C)Cc2cccc(Br)c2C(=O)O1. The lowest BCUT2D eigenvalue weighted by Gasteiger charge is -2.32. The maximum Gasteiger partial charge on any atom is 0.340 e. The molecule has 0 bridgehead atoms. The first kappa shape index (κ1) is 11.3. The predicted molar refractivity (Wildman–Crippen MR) is 62.3 cm³/mol. The van der Waals surface area contributed by atoms with Crippen molar-refractivity contribution in [3.05, 3.63) is 33.8 Å². The summed E-state index contributed by atoms with van der Waals surface area (Å²) < 4.78 is 5.93. The normalized spacial score (nSPS) is 23.6. The summed E-state index contributed by atoms with van der Waals surface area (Å²) in [7, 11) is 0. The molecule has 1 aromatic rings. The molecule has 0 aliphatic carbocycles. The molecule has 1 aliphatic rings. The van der Waals surface area contributed by atoms with Crippen LogP contribution in [0, 0.1) is 0 Å². The number of esters is 1. The fourth-order valence-corrected chi connectivity index (χ4v) is 2.37. The van der Waals surface area contributed by atoms with Gasteiger partial charge in [0.15, 0.2) is 11.4 Å². The minimum absolute atomic E-state index is 0.133. The molecule has 0 radical (unpaired) electrons. The highest BCUT2D eigenvalue weighted by molar-refractivity contribution is 9.10. The van der Waals surface area contributed by atoms with Crippen molar-refractivity contribution in [2.24, 2.45) is 0 Å². The minimum Gasteiger partial charge on any atom is -0.447 e. The third kappa shape index (κ3) is 1.67. The maximum absolute atomic E-state index is 11.8. The molecular formula is C12H11BrO3. The molecule has 4 heteroatoms. The number of fused-ring (bicyclic) bond motifs is 1. The smallest absolute Gasteiger partial charge is 0.340 e. The molecular weight excluding hydrogens is 272 g/mol. The van der Waals surface area contributed by atoms with Gasteiger partial charge in [-0.2, -0.15) is 0 Å². The van der Waals surface area contributed by atoms with Crippen molar-refractivity contribution in [3.63, 3.8) is 0 Å². The van der Waals surface area contributed by atoms with E-state index in [1.54, 1.807) is 13.0 Å². The molecule has 84 valence electrons. The van der Waals surface area contributed by atoms with E-state index in [2.05, 4.69) is 15.9 Å². The number of hydrogen-bond donors (Lipinski definition) is 0. The van der Waals surface area contributed by atoms with E-state index >= 15 is 0 Å². The van der Waals surface area contributed by atoms with Crippen LogP contribution in [0.2, 0.25) is 0 Å². The van der Waals surface area contributed by atoms with E-state index in [0.717, 1.165) is 5.56 Å². The Bertz CT molecular complexity index is 481. The second-order valence-electron chi connectivity index (χ2n) is 4.13. The molecule has 0 aromatic heterocycles. The lowest BCUT2D eigenvalue weighted by molar-refractivity contribution is -0.135. The summed E-state index contributed by atoms with van der Waals surface area (Å²) in [6.07, 6.45) is 0.433. The molecule has 1 aromatic carbocycles. The number of Topliss-reactive ketones (excluding diaryl/α,β-unsaturated/α-hetero) is 1. The van der Waals surface area contributed by atoms with Crippen LogP contribution in [0.5, 0.6) is 0 Å². The predicted octanol–water partition coefficient (Wildman–Crippen LogP) is 2.51. The number of cyclic esters (lactones) is 1. The molecule has 0 saturated carbocycles. The molecule has 0 N–H and O–H groups in total. The van der Waals surface area contributed by atoms with E-state index in [4.69, 9.17) is 4.74 Å². The molecule has 1 heterocycles. The number of carbonyl (C=O) groups is 2. The fraction of sp³-hybridized carbons (Fsp3) is 0.333. The Morgan fingerprint density at radius 3 is 2.81 bits per heavy atom. The zero-order chi connectivity index (χ0) is 11.9. The summed E-state index contributed by atoms with van der Waals surface area (Å²) >= 11 is 3.31. The topological polar surface area (TPSA) is 43.4 Å². The van der Waals surface area contributed by atoms with Gasteiger partial charge < -0.3 is 4.74 Å². The monoisotopic (exact) mass is 282 g/mol.